The van der Waals surface area contributed by atoms with Crippen LogP contribution in [0.3, 0.4) is 0 Å². The smallest absolute Gasteiger partial charge is 0.224 e. The van der Waals surface area contributed by atoms with Crippen LogP contribution in [0, 0.1) is 5.82 Å². The number of hydrogen-bond donors (Lipinski definition) is 1. The van der Waals surface area contributed by atoms with E-state index >= 15 is 0 Å². The third-order valence-electron chi connectivity index (χ3n) is 2.34. The van der Waals surface area contributed by atoms with Crippen LogP contribution in [0.4, 0.5) is 4.39 Å². The van der Waals surface area contributed by atoms with Gasteiger partial charge < -0.3 is 14.6 Å². The molecule has 0 bridgehead atoms. The Balaban J connectivity index is 2.22. The third-order valence-corrected chi connectivity index (χ3v) is 2.34. The van der Waals surface area contributed by atoms with Crippen LogP contribution in [-0.4, -0.2) is 17.2 Å². The SMILES string of the molecule is COc1ccc(Oc2ncc(F)cc2CO)cc1. The van der Waals surface area contributed by atoms with Crippen molar-refractivity contribution in [1.82, 2.24) is 4.98 Å². The van der Waals surface area contributed by atoms with E-state index in [4.69, 9.17) is 14.6 Å². The molecule has 0 amide bonds. The number of benzene rings is 1. The molecule has 1 heterocycles. The highest BCUT2D eigenvalue weighted by Crippen LogP contribution is 2.25. The number of ether oxygens (including phenoxy) is 2. The zero-order valence-corrected chi connectivity index (χ0v) is 9.76. The van der Waals surface area contributed by atoms with Gasteiger partial charge in [-0.15, -0.1) is 0 Å². The molecular weight excluding hydrogens is 237 g/mol. The summed E-state index contributed by atoms with van der Waals surface area (Å²) < 4.78 is 23.4. The molecule has 0 aliphatic carbocycles. The van der Waals surface area contributed by atoms with Crippen molar-refractivity contribution in [3.63, 3.8) is 0 Å². The van der Waals surface area contributed by atoms with E-state index in [9.17, 15) is 4.39 Å². The molecule has 0 spiro atoms. The number of rotatable bonds is 4. The van der Waals surface area contributed by atoms with Crippen molar-refractivity contribution in [3.05, 3.63) is 47.9 Å². The maximum Gasteiger partial charge on any atom is 0.224 e. The summed E-state index contributed by atoms with van der Waals surface area (Å²) in [6, 6.07) is 8.05. The van der Waals surface area contributed by atoms with Gasteiger partial charge >= 0.3 is 0 Å². The highest BCUT2D eigenvalue weighted by Gasteiger charge is 2.07. The number of hydrogen-bond acceptors (Lipinski definition) is 4. The molecule has 1 N–H and O–H groups in total. The minimum atomic E-state index is -0.513. The van der Waals surface area contributed by atoms with E-state index in [-0.39, 0.29) is 12.5 Å². The van der Waals surface area contributed by atoms with Crippen LogP contribution >= 0.6 is 0 Å². The number of aliphatic hydroxyl groups is 1. The van der Waals surface area contributed by atoms with Crippen LogP contribution in [-0.2, 0) is 6.61 Å². The predicted molar refractivity (Wildman–Crippen MR) is 63.2 cm³/mol. The molecular formula is C13H12FNO3. The molecule has 18 heavy (non-hydrogen) atoms. The van der Waals surface area contributed by atoms with Crippen molar-refractivity contribution in [2.24, 2.45) is 0 Å². The first-order chi connectivity index (χ1) is 8.72. The molecule has 0 saturated heterocycles. The van der Waals surface area contributed by atoms with Gasteiger partial charge in [0.25, 0.3) is 0 Å². The number of aliphatic hydroxyl groups excluding tert-OH is 1. The van der Waals surface area contributed by atoms with Gasteiger partial charge in [0.2, 0.25) is 5.88 Å². The number of halogens is 1. The maximum atomic E-state index is 12.9. The summed E-state index contributed by atoms with van der Waals surface area (Å²) in [5.74, 6) is 0.909. The second kappa shape index (κ2) is 5.46. The highest BCUT2D eigenvalue weighted by atomic mass is 19.1. The fourth-order valence-electron chi connectivity index (χ4n) is 1.43. The van der Waals surface area contributed by atoms with E-state index in [0.717, 1.165) is 6.20 Å². The molecule has 5 heteroatoms. The standard InChI is InChI=1S/C13H12FNO3/c1-17-11-2-4-12(5-3-11)18-13-9(8-16)6-10(14)7-15-13/h2-7,16H,8H2,1H3. The average Bonchev–Trinajstić information content (AvgIpc) is 2.41. The van der Waals surface area contributed by atoms with Crippen molar-refractivity contribution in [3.8, 4) is 17.4 Å². The highest BCUT2D eigenvalue weighted by molar-refractivity contribution is 5.35. The van der Waals surface area contributed by atoms with Crippen LogP contribution in [0.1, 0.15) is 5.56 Å². The molecule has 1 aromatic carbocycles. The lowest BCUT2D eigenvalue weighted by atomic mass is 10.3. The minimum absolute atomic E-state index is 0.184. The summed E-state index contributed by atoms with van der Waals surface area (Å²) in [6.07, 6.45) is 1.04. The summed E-state index contributed by atoms with van der Waals surface area (Å²) in [5.41, 5.74) is 0.297. The van der Waals surface area contributed by atoms with Crippen LogP contribution in [0.25, 0.3) is 0 Å². The summed E-state index contributed by atoms with van der Waals surface area (Å²) in [4.78, 5) is 3.80. The second-order valence-electron chi connectivity index (χ2n) is 3.55. The first kappa shape index (κ1) is 12.3. The van der Waals surface area contributed by atoms with Crippen molar-refractivity contribution >= 4 is 0 Å². The van der Waals surface area contributed by atoms with Gasteiger partial charge in [-0.25, -0.2) is 9.37 Å². The Morgan fingerprint density at radius 3 is 2.50 bits per heavy atom. The lowest BCUT2D eigenvalue weighted by molar-refractivity contribution is 0.274. The van der Waals surface area contributed by atoms with Gasteiger partial charge in [-0.1, -0.05) is 0 Å². The molecule has 0 aliphatic heterocycles. The monoisotopic (exact) mass is 249 g/mol. The van der Waals surface area contributed by atoms with Gasteiger partial charge in [0.15, 0.2) is 0 Å². The molecule has 0 unspecified atom stereocenters. The molecule has 0 saturated carbocycles. The Kier molecular flexibility index (Phi) is 3.74. The topological polar surface area (TPSA) is 51.6 Å². The lowest BCUT2D eigenvalue weighted by Crippen LogP contribution is -1.96. The van der Waals surface area contributed by atoms with Crippen molar-refractivity contribution in [2.75, 3.05) is 7.11 Å². The predicted octanol–water partition coefficient (Wildman–Crippen LogP) is 2.51. The van der Waals surface area contributed by atoms with E-state index < -0.39 is 5.82 Å². The van der Waals surface area contributed by atoms with Gasteiger partial charge in [0, 0.05) is 5.56 Å². The summed E-state index contributed by atoms with van der Waals surface area (Å²) in [7, 11) is 1.57. The van der Waals surface area contributed by atoms with Crippen molar-refractivity contribution in [1.29, 1.82) is 0 Å². The van der Waals surface area contributed by atoms with E-state index in [1.165, 1.54) is 6.07 Å². The Hall–Kier alpha value is -2.14. The zero-order valence-electron chi connectivity index (χ0n) is 9.76. The third kappa shape index (κ3) is 2.75. The Morgan fingerprint density at radius 2 is 1.89 bits per heavy atom. The molecule has 2 aromatic rings. The minimum Gasteiger partial charge on any atom is -0.497 e. The molecule has 0 aliphatic rings. The molecule has 4 nitrogen and oxygen atoms in total. The van der Waals surface area contributed by atoms with E-state index in [0.29, 0.717) is 17.1 Å². The molecule has 0 radical (unpaired) electrons. The normalized spacial score (nSPS) is 10.2. The molecule has 94 valence electrons. The van der Waals surface area contributed by atoms with Gasteiger partial charge in [-0.05, 0) is 30.3 Å². The first-order valence-electron chi connectivity index (χ1n) is 5.30. The largest absolute Gasteiger partial charge is 0.497 e. The summed E-state index contributed by atoms with van der Waals surface area (Å²) in [6.45, 7) is -0.337. The zero-order chi connectivity index (χ0) is 13.0. The lowest BCUT2D eigenvalue weighted by Gasteiger charge is -2.08. The van der Waals surface area contributed by atoms with Crippen LogP contribution < -0.4 is 9.47 Å². The summed E-state index contributed by atoms with van der Waals surface area (Å²) in [5, 5.41) is 9.10. The van der Waals surface area contributed by atoms with Gasteiger partial charge in [-0.2, -0.15) is 0 Å². The Labute approximate surface area is 104 Å². The van der Waals surface area contributed by atoms with Crippen LogP contribution in [0.2, 0.25) is 0 Å². The van der Waals surface area contributed by atoms with E-state index in [1.54, 1.807) is 31.4 Å². The van der Waals surface area contributed by atoms with Gasteiger partial charge in [0.1, 0.15) is 17.3 Å². The van der Waals surface area contributed by atoms with Gasteiger partial charge in [-0.3, -0.25) is 0 Å². The number of aromatic nitrogens is 1. The molecule has 2 rings (SSSR count). The second-order valence-corrected chi connectivity index (χ2v) is 3.55. The molecule has 0 fully saturated rings. The first-order valence-corrected chi connectivity index (χ1v) is 5.30. The van der Waals surface area contributed by atoms with Crippen molar-refractivity contribution < 1.29 is 19.0 Å². The Morgan fingerprint density at radius 1 is 1.22 bits per heavy atom. The number of methoxy groups -OCH3 is 1. The van der Waals surface area contributed by atoms with E-state index in [1.807, 2.05) is 0 Å². The quantitative estimate of drug-likeness (QED) is 0.904. The molecule has 1 aromatic heterocycles. The Bertz CT molecular complexity index is 528. The van der Waals surface area contributed by atoms with Crippen molar-refractivity contribution in [2.45, 2.75) is 6.61 Å². The van der Waals surface area contributed by atoms with Gasteiger partial charge in [0.05, 0.1) is 19.9 Å². The van der Waals surface area contributed by atoms with E-state index in [2.05, 4.69) is 4.98 Å². The van der Waals surface area contributed by atoms with Crippen LogP contribution in [0.15, 0.2) is 36.5 Å². The summed E-state index contributed by atoms with van der Waals surface area (Å²) >= 11 is 0. The fourth-order valence-corrected chi connectivity index (χ4v) is 1.43. The molecule has 0 atom stereocenters. The fraction of sp³-hybridized carbons (Fsp3) is 0.154. The number of pyridine rings is 1. The maximum absolute atomic E-state index is 12.9. The average molecular weight is 249 g/mol. The van der Waals surface area contributed by atoms with Crippen LogP contribution in [0.5, 0.6) is 17.4 Å². The number of nitrogens with zero attached hydrogens (tertiary/aromatic N) is 1.